The van der Waals surface area contributed by atoms with E-state index in [2.05, 4.69) is 5.32 Å². The highest BCUT2D eigenvalue weighted by Crippen LogP contribution is 2.19. The van der Waals surface area contributed by atoms with E-state index in [9.17, 15) is 14.0 Å². The second-order valence-corrected chi connectivity index (χ2v) is 9.81. The van der Waals surface area contributed by atoms with Gasteiger partial charge in [0.05, 0.1) is 6.42 Å². The fourth-order valence-corrected chi connectivity index (χ4v) is 4.49. The third kappa shape index (κ3) is 7.67. The first kappa shape index (κ1) is 27.4. The number of hydrogen-bond acceptors (Lipinski definition) is 2. The molecule has 0 aliphatic rings. The minimum atomic E-state index is -0.815. The number of benzene rings is 4. The fraction of sp³-hybridized carbons (Fsp3) is 0.161. The van der Waals surface area contributed by atoms with Gasteiger partial charge < -0.3 is 10.2 Å². The predicted molar refractivity (Wildman–Crippen MR) is 149 cm³/mol. The molecule has 0 aliphatic heterocycles. The maximum atomic E-state index is 13.8. The van der Waals surface area contributed by atoms with Crippen LogP contribution in [0.3, 0.4) is 0 Å². The molecule has 4 nitrogen and oxygen atoms in total. The number of hydrogen-bond donors (Lipinski definition) is 1. The Morgan fingerprint density at radius 3 is 2.08 bits per heavy atom. The molecule has 1 atom stereocenters. The van der Waals surface area contributed by atoms with Crippen LogP contribution in [0.5, 0.6) is 0 Å². The summed E-state index contributed by atoms with van der Waals surface area (Å²) in [7, 11) is 0. The van der Waals surface area contributed by atoms with Crippen molar-refractivity contribution >= 4 is 35.0 Å². The van der Waals surface area contributed by atoms with Crippen LogP contribution in [-0.4, -0.2) is 22.8 Å². The Morgan fingerprint density at radius 1 is 0.763 bits per heavy atom. The average molecular weight is 549 g/mol. The maximum absolute atomic E-state index is 13.8. The van der Waals surface area contributed by atoms with Gasteiger partial charge in [0.25, 0.3) is 0 Å². The Bertz CT molecular complexity index is 1360. The normalized spacial score (nSPS) is 11.6. The van der Waals surface area contributed by atoms with Gasteiger partial charge in [-0.25, -0.2) is 4.39 Å². The van der Waals surface area contributed by atoms with Crippen molar-refractivity contribution in [1.82, 2.24) is 10.2 Å². The van der Waals surface area contributed by atoms with Crippen LogP contribution in [0.25, 0.3) is 0 Å². The van der Waals surface area contributed by atoms with Gasteiger partial charge in [-0.1, -0.05) is 96.0 Å². The molecule has 0 bridgehead atoms. The lowest BCUT2D eigenvalue weighted by Gasteiger charge is -2.32. The molecule has 0 unspecified atom stereocenters. The lowest BCUT2D eigenvalue weighted by Crippen LogP contribution is -2.50. The van der Waals surface area contributed by atoms with Gasteiger partial charge in [-0.2, -0.15) is 0 Å². The molecular formula is C31H27Cl2FN2O2. The van der Waals surface area contributed by atoms with E-state index in [0.29, 0.717) is 22.0 Å². The molecule has 0 radical (unpaired) electrons. The summed E-state index contributed by atoms with van der Waals surface area (Å²) in [4.78, 5) is 29.0. The first-order chi connectivity index (χ1) is 18.4. The van der Waals surface area contributed by atoms with Crippen LogP contribution in [0.1, 0.15) is 22.3 Å². The summed E-state index contributed by atoms with van der Waals surface area (Å²) < 4.78 is 13.6. The fourth-order valence-electron chi connectivity index (χ4n) is 4.16. The number of carbonyl (C=O) groups is 2. The van der Waals surface area contributed by atoms with Gasteiger partial charge in [-0.15, -0.1) is 0 Å². The monoisotopic (exact) mass is 548 g/mol. The number of halogens is 3. The van der Waals surface area contributed by atoms with Gasteiger partial charge in [0, 0.05) is 29.6 Å². The maximum Gasteiger partial charge on any atom is 0.243 e. The zero-order valence-electron chi connectivity index (χ0n) is 20.6. The summed E-state index contributed by atoms with van der Waals surface area (Å²) in [6, 6.07) is 29.0. The number of rotatable bonds is 10. The SMILES string of the molecule is O=C(NCc1ccccc1Cl)[C@@H](Cc1ccccc1)N(Cc1ccc(F)cc1)C(=O)Cc1ccc(Cl)cc1. The summed E-state index contributed by atoms with van der Waals surface area (Å²) in [5.74, 6) is -0.906. The topological polar surface area (TPSA) is 49.4 Å². The minimum Gasteiger partial charge on any atom is -0.350 e. The van der Waals surface area contributed by atoms with E-state index in [1.165, 1.54) is 12.1 Å². The third-order valence-corrected chi connectivity index (χ3v) is 6.84. The standard InChI is InChI=1S/C31H27Cl2FN2O2/c32-26-14-10-23(11-15-26)19-30(37)36(21-24-12-16-27(34)17-13-24)29(18-22-6-2-1-3-7-22)31(38)35-20-25-8-4-5-9-28(25)33/h1-17,29H,18-21H2,(H,35,38)/t29-/m1/s1. The molecule has 4 rings (SSSR count). The van der Waals surface area contributed by atoms with Crippen LogP contribution in [0, 0.1) is 5.82 Å². The summed E-state index contributed by atoms with van der Waals surface area (Å²) in [5, 5.41) is 4.09. The predicted octanol–water partition coefficient (Wildman–Crippen LogP) is 6.63. The molecule has 4 aromatic rings. The van der Waals surface area contributed by atoms with Crippen molar-refractivity contribution in [2.24, 2.45) is 0 Å². The van der Waals surface area contributed by atoms with Crippen molar-refractivity contribution < 1.29 is 14.0 Å². The van der Waals surface area contributed by atoms with Gasteiger partial charge in [0.1, 0.15) is 11.9 Å². The largest absolute Gasteiger partial charge is 0.350 e. The van der Waals surface area contributed by atoms with Crippen molar-refractivity contribution in [3.63, 3.8) is 0 Å². The van der Waals surface area contributed by atoms with Crippen LogP contribution < -0.4 is 5.32 Å². The van der Waals surface area contributed by atoms with E-state index in [0.717, 1.165) is 16.7 Å². The molecule has 0 spiro atoms. The van der Waals surface area contributed by atoms with Gasteiger partial charge >= 0.3 is 0 Å². The first-order valence-electron chi connectivity index (χ1n) is 12.2. The number of amides is 2. The van der Waals surface area contributed by atoms with Crippen molar-refractivity contribution in [2.75, 3.05) is 0 Å². The van der Waals surface area contributed by atoms with E-state index in [1.807, 2.05) is 48.5 Å². The van der Waals surface area contributed by atoms with E-state index >= 15 is 0 Å². The lowest BCUT2D eigenvalue weighted by molar-refractivity contribution is -0.140. The van der Waals surface area contributed by atoms with Crippen molar-refractivity contribution in [3.05, 3.63) is 141 Å². The molecule has 0 heterocycles. The molecule has 1 N–H and O–H groups in total. The lowest BCUT2D eigenvalue weighted by atomic mass is 10.0. The van der Waals surface area contributed by atoms with Crippen LogP contribution in [0.2, 0.25) is 10.0 Å². The summed E-state index contributed by atoms with van der Waals surface area (Å²) in [5.41, 5.74) is 3.18. The van der Waals surface area contributed by atoms with Gasteiger partial charge in [0.15, 0.2) is 0 Å². The summed E-state index contributed by atoms with van der Waals surface area (Å²) in [6.45, 7) is 0.364. The molecule has 2 amide bonds. The van der Waals surface area contributed by atoms with Crippen LogP contribution >= 0.6 is 23.2 Å². The molecule has 0 aromatic heterocycles. The summed E-state index contributed by atoms with van der Waals surface area (Å²) >= 11 is 12.3. The number of carbonyl (C=O) groups excluding carboxylic acids is 2. The molecule has 0 fully saturated rings. The van der Waals surface area contributed by atoms with Crippen LogP contribution in [0.4, 0.5) is 4.39 Å². The second kappa shape index (κ2) is 13.2. The van der Waals surface area contributed by atoms with E-state index in [-0.39, 0.29) is 37.1 Å². The molecule has 0 saturated heterocycles. The van der Waals surface area contributed by atoms with E-state index < -0.39 is 6.04 Å². The Morgan fingerprint density at radius 2 is 1.39 bits per heavy atom. The van der Waals surface area contributed by atoms with Crippen LogP contribution in [-0.2, 0) is 35.5 Å². The van der Waals surface area contributed by atoms with Gasteiger partial charge in [-0.05, 0) is 52.6 Å². The highest BCUT2D eigenvalue weighted by atomic mass is 35.5. The highest BCUT2D eigenvalue weighted by molar-refractivity contribution is 6.31. The van der Waals surface area contributed by atoms with Crippen molar-refractivity contribution in [3.8, 4) is 0 Å². The molecule has 0 saturated carbocycles. The molecule has 0 aliphatic carbocycles. The minimum absolute atomic E-state index is 0.0848. The molecule has 4 aromatic carbocycles. The quantitative estimate of drug-likeness (QED) is 0.241. The highest BCUT2D eigenvalue weighted by Gasteiger charge is 2.30. The molecule has 194 valence electrons. The number of nitrogens with zero attached hydrogens (tertiary/aromatic N) is 1. The Balaban J connectivity index is 1.65. The summed E-state index contributed by atoms with van der Waals surface area (Å²) in [6.07, 6.45) is 0.393. The first-order valence-corrected chi connectivity index (χ1v) is 13.0. The second-order valence-electron chi connectivity index (χ2n) is 8.97. The van der Waals surface area contributed by atoms with Crippen molar-refractivity contribution in [1.29, 1.82) is 0 Å². The molecular weight excluding hydrogens is 522 g/mol. The Kier molecular flexibility index (Phi) is 9.52. The Labute approximate surface area is 232 Å². The zero-order valence-corrected chi connectivity index (χ0v) is 22.1. The van der Waals surface area contributed by atoms with Gasteiger partial charge in [-0.3, -0.25) is 9.59 Å². The third-order valence-electron chi connectivity index (χ3n) is 6.22. The smallest absolute Gasteiger partial charge is 0.243 e. The molecule has 7 heteroatoms. The number of nitrogens with one attached hydrogen (secondary N) is 1. The average Bonchev–Trinajstić information content (AvgIpc) is 2.93. The zero-order chi connectivity index (χ0) is 26.9. The Hall–Kier alpha value is -3.67. The molecule has 38 heavy (non-hydrogen) atoms. The van der Waals surface area contributed by atoms with Gasteiger partial charge in [0.2, 0.25) is 11.8 Å². The van der Waals surface area contributed by atoms with Crippen molar-refractivity contribution in [2.45, 2.75) is 32.0 Å². The van der Waals surface area contributed by atoms with E-state index in [4.69, 9.17) is 23.2 Å². The van der Waals surface area contributed by atoms with E-state index in [1.54, 1.807) is 47.4 Å². The van der Waals surface area contributed by atoms with Crippen LogP contribution in [0.15, 0.2) is 103 Å².